The fourth-order valence-corrected chi connectivity index (χ4v) is 2.36. The van der Waals surface area contributed by atoms with Crippen LogP contribution >= 0.6 is 0 Å². The van der Waals surface area contributed by atoms with E-state index in [0.29, 0.717) is 6.61 Å². The molecule has 0 aliphatic heterocycles. The molecule has 0 radical (unpaired) electrons. The highest BCUT2D eigenvalue weighted by molar-refractivity contribution is 6.07. The summed E-state index contributed by atoms with van der Waals surface area (Å²) >= 11 is 0. The molecule has 0 atom stereocenters. The van der Waals surface area contributed by atoms with Crippen molar-refractivity contribution in [1.29, 1.82) is 0 Å². The molecule has 1 amide bonds. The SMILES string of the molecule is CC=CCCCOc1cccc(NC(=O)c2cc(C)c(C)nc2N)c1F. The van der Waals surface area contributed by atoms with Gasteiger partial charge in [0.15, 0.2) is 11.6 Å². The Morgan fingerprint density at radius 2 is 2.15 bits per heavy atom. The molecular formula is C20H24FN3O2. The van der Waals surface area contributed by atoms with E-state index in [0.717, 1.165) is 24.1 Å². The Balaban J connectivity index is 2.11. The first-order valence-electron chi connectivity index (χ1n) is 8.51. The number of nitrogens with zero attached hydrogens (tertiary/aromatic N) is 1. The molecule has 0 saturated heterocycles. The maximum absolute atomic E-state index is 14.6. The number of aryl methyl sites for hydroxylation is 2. The van der Waals surface area contributed by atoms with Crippen molar-refractivity contribution in [3.63, 3.8) is 0 Å². The van der Waals surface area contributed by atoms with Crippen molar-refractivity contribution in [2.24, 2.45) is 0 Å². The number of anilines is 2. The summed E-state index contributed by atoms with van der Waals surface area (Å²) in [6.45, 7) is 5.99. The molecule has 0 saturated carbocycles. The summed E-state index contributed by atoms with van der Waals surface area (Å²) in [6.07, 6.45) is 5.64. The molecule has 2 aromatic rings. The number of carbonyl (C=O) groups excluding carboxylic acids is 1. The smallest absolute Gasteiger partial charge is 0.259 e. The summed E-state index contributed by atoms with van der Waals surface area (Å²) in [7, 11) is 0. The molecular weight excluding hydrogens is 333 g/mol. The highest BCUT2D eigenvalue weighted by atomic mass is 19.1. The molecule has 1 aromatic carbocycles. The van der Waals surface area contributed by atoms with Crippen LogP contribution in [0, 0.1) is 19.7 Å². The lowest BCUT2D eigenvalue weighted by atomic mass is 10.1. The third-order valence-electron chi connectivity index (χ3n) is 3.96. The zero-order valence-corrected chi connectivity index (χ0v) is 15.3. The van der Waals surface area contributed by atoms with Crippen LogP contribution in [0.15, 0.2) is 36.4 Å². The summed E-state index contributed by atoms with van der Waals surface area (Å²) in [5.74, 6) is -0.902. The van der Waals surface area contributed by atoms with E-state index in [1.807, 2.05) is 32.9 Å². The minimum Gasteiger partial charge on any atom is -0.490 e. The third-order valence-corrected chi connectivity index (χ3v) is 3.96. The van der Waals surface area contributed by atoms with Crippen molar-refractivity contribution >= 4 is 17.4 Å². The van der Waals surface area contributed by atoms with Gasteiger partial charge in [-0.25, -0.2) is 9.37 Å². The van der Waals surface area contributed by atoms with Gasteiger partial charge >= 0.3 is 0 Å². The summed E-state index contributed by atoms with van der Waals surface area (Å²) in [6, 6.07) is 6.28. The van der Waals surface area contributed by atoms with Gasteiger partial charge in [-0.1, -0.05) is 18.2 Å². The standard InChI is InChI=1S/C20H24FN3O2/c1-4-5-6-7-11-26-17-10-8-9-16(18(17)21)24-20(25)15-12-13(2)14(3)23-19(15)22/h4-5,8-10,12H,6-7,11H2,1-3H3,(H2,22,23)(H,24,25). The van der Waals surface area contributed by atoms with Gasteiger partial charge < -0.3 is 15.8 Å². The largest absolute Gasteiger partial charge is 0.490 e. The summed E-state index contributed by atoms with van der Waals surface area (Å²) in [5.41, 5.74) is 7.66. The first-order chi connectivity index (χ1) is 12.4. The van der Waals surface area contributed by atoms with Gasteiger partial charge in [-0.2, -0.15) is 0 Å². The van der Waals surface area contributed by atoms with Gasteiger partial charge in [-0.15, -0.1) is 0 Å². The van der Waals surface area contributed by atoms with E-state index in [9.17, 15) is 9.18 Å². The Morgan fingerprint density at radius 3 is 2.88 bits per heavy atom. The van der Waals surface area contributed by atoms with Crippen molar-refractivity contribution in [2.45, 2.75) is 33.6 Å². The number of benzene rings is 1. The normalized spacial score (nSPS) is 10.9. The molecule has 5 nitrogen and oxygen atoms in total. The van der Waals surface area contributed by atoms with Crippen molar-refractivity contribution in [3.8, 4) is 5.75 Å². The number of carbonyl (C=O) groups is 1. The van der Waals surface area contributed by atoms with Crippen molar-refractivity contribution in [2.75, 3.05) is 17.7 Å². The number of ether oxygens (including phenoxy) is 1. The molecule has 0 aliphatic carbocycles. The van der Waals surface area contributed by atoms with Gasteiger partial charge in [0, 0.05) is 5.69 Å². The van der Waals surface area contributed by atoms with E-state index in [1.54, 1.807) is 12.1 Å². The van der Waals surface area contributed by atoms with Crippen LogP contribution < -0.4 is 15.8 Å². The van der Waals surface area contributed by atoms with Gasteiger partial charge in [-0.3, -0.25) is 4.79 Å². The lowest BCUT2D eigenvalue weighted by Gasteiger charge is -2.12. The number of nitrogens with two attached hydrogens (primary N) is 1. The maximum Gasteiger partial charge on any atom is 0.259 e. The Hall–Kier alpha value is -2.89. The second-order valence-corrected chi connectivity index (χ2v) is 5.96. The molecule has 2 rings (SSSR count). The zero-order valence-electron chi connectivity index (χ0n) is 15.3. The predicted molar refractivity (Wildman–Crippen MR) is 102 cm³/mol. The number of hydrogen-bond acceptors (Lipinski definition) is 4. The van der Waals surface area contributed by atoms with Crippen molar-refractivity contribution < 1.29 is 13.9 Å². The van der Waals surface area contributed by atoms with Crippen molar-refractivity contribution in [3.05, 3.63) is 59.1 Å². The molecule has 138 valence electrons. The summed E-state index contributed by atoms with van der Waals surface area (Å²) in [4.78, 5) is 16.6. The van der Waals surface area contributed by atoms with Crippen LogP contribution in [0.4, 0.5) is 15.9 Å². The lowest BCUT2D eigenvalue weighted by molar-refractivity contribution is 0.102. The quantitative estimate of drug-likeness (QED) is 0.568. The second kappa shape index (κ2) is 8.99. The molecule has 6 heteroatoms. The van der Waals surface area contributed by atoms with E-state index < -0.39 is 11.7 Å². The molecule has 0 unspecified atom stereocenters. The van der Waals surface area contributed by atoms with E-state index in [-0.39, 0.29) is 22.8 Å². The van der Waals surface area contributed by atoms with E-state index >= 15 is 0 Å². The van der Waals surface area contributed by atoms with E-state index in [4.69, 9.17) is 10.5 Å². The van der Waals surface area contributed by atoms with Crippen molar-refractivity contribution in [1.82, 2.24) is 4.98 Å². The van der Waals surface area contributed by atoms with Crippen LogP contribution in [-0.4, -0.2) is 17.5 Å². The van der Waals surface area contributed by atoms with E-state index in [1.165, 1.54) is 12.1 Å². The number of unbranched alkanes of at least 4 members (excludes halogenated alkanes) is 1. The molecule has 3 N–H and O–H groups in total. The second-order valence-electron chi connectivity index (χ2n) is 5.96. The zero-order chi connectivity index (χ0) is 19.1. The number of hydrogen-bond donors (Lipinski definition) is 2. The fraction of sp³-hybridized carbons (Fsp3) is 0.300. The van der Waals surface area contributed by atoms with Gasteiger partial charge in [0.25, 0.3) is 5.91 Å². The Bertz CT molecular complexity index is 819. The van der Waals surface area contributed by atoms with Crippen LogP contribution in [-0.2, 0) is 0 Å². The predicted octanol–water partition coefficient (Wildman–Crippen LogP) is 4.41. The minimum absolute atomic E-state index is 0.0404. The lowest BCUT2D eigenvalue weighted by Crippen LogP contribution is -2.17. The number of rotatable bonds is 7. The summed E-state index contributed by atoms with van der Waals surface area (Å²) in [5, 5.41) is 2.54. The highest BCUT2D eigenvalue weighted by Crippen LogP contribution is 2.26. The molecule has 0 fully saturated rings. The molecule has 26 heavy (non-hydrogen) atoms. The number of halogens is 1. The van der Waals surface area contributed by atoms with Crippen LogP contribution in [0.2, 0.25) is 0 Å². The summed E-state index contributed by atoms with van der Waals surface area (Å²) < 4.78 is 20.0. The van der Waals surface area contributed by atoms with Gasteiger partial charge in [0.2, 0.25) is 0 Å². The Kier molecular flexibility index (Phi) is 6.72. The number of nitrogen functional groups attached to an aromatic ring is 1. The molecule has 0 aliphatic rings. The number of pyridine rings is 1. The van der Waals surface area contributed by atoms with Gasteiger partial charge in [0.05, 0.1) is 17.9 Å². The van der Waals surface area contributed by atoms with Crippen LogP contribution in [0.3, 0.4) is 0 Å². The number of nitrogens with one attached hydrogen (secondary N) is 1. The third kappa shape index (κ3) is 4.81. The maximum atomic E-state index is 14.6. The van der Waals surface area contributed by atoms with E-state index in [2.05, 4.69) is 10.3 Å². The number of allylic oxidation sites excluding steroid dienone is 2. The molecule has 0 bridgehead atoms. The molecule has 1 aromatic heterocycles. The average molecular weight is 357 g/mol. The highest BCUT2D eigenvalue weighted by Gasteiger charge is 2.16. The van der Waals surface area contributed by atoms with Gasteiger partial charge in [0.1, 0.15) is 5.82 Å². The van der Waals surface area contributed by atoms with Crippen LogP contribution in [0.25, 0.3) is 0 Å². The number of amides is 1. The molecule has 1 heterocycles. The Labute approximate surface area is 153 Å². The topological polar surface area (TPSA) is 77.2 Å². The van der Waals surface area contributed by atoms with Crippen LogP contribution in [0.1, 0.15) is 41.4 Å². The first kappa shape index (κ1) is 19.4. The van der Waals surface area contributed by atoms with Gasteiger partial charge in [-0.05, 0) is 57.4 Å². The Morgan fingerprint density at radius 1 is 1.38 bits per heavy atom. The molecule has 0 spiro atoms. The first-order valence-corrected chi connectivity index (χ1v) is 8.51. The minimum atomic E-state index is -0.609. The monoisotopic (exact) mass is 357 g/mol. The fourth-order valence-electron chi connectivity index (χ4n) is 2.36. The average Bonchev–Trinajstić information content (AvgIpc) is 2.60. The van der Waals surface area contributed by atoms with Crippen LogP contribution in [0.5, 0.6) is 5.75 Å². The number of aromatic nitrogens is 1.